The highest BCUT2D eigenvalue weighted by molar-refractivity contribution is 5.33. The summed E-state index contributed by atoms with van der Waals surface area (Å²) in [4.78, 5) is 0. The molecule has 72 valence electrons. The van der Waals surface area contributed by atoms with Gasteiger partial charge in [0, 0.05) is 0 Å². The highest BCUT2D eigenvalue weighted by atomic mass is 19.4. The molecule has 0 saturated carbocycles. The fourth-order valence-electron chi connectivity index (χ4n) is 1.22. The maximum Gasteiger partial charge on any atom is 0.393 e. The molecule has 0 nitrogen and oxygen atoms in total. The Labute approximate surface area is 75.4 Å². The molecule has 0 bridgehead atoms. The molecule has 1 aromatic rings. The first-order valence-electron chi connectivity index (χ1n) is 4.02. The van der Waals surface area contributed by atoms with Gasteiger partial charge in [-0.25, -0.2) is 0 Å². The highest BCUT2D eigenvalue weighted by Gasteiger charge is 2.28. The number of hydrogen-bond acceptors (Lipinski definition) is 0. The minimum absolute atomic E-state index is 0.368. The molecule has 0 aliphatic rings. The second-order valence-electron chi connectivity index (χ2n) is 3.15. The van der Waals surface area contributed by atoms with Crippen LogP contribution in [-0.4, -0.2) is 6.18 Å². The Morgan fingerprint density at radius 1 is 1.15 bits per heavy atom. The topological polar surface area (TPSA) is 0 Å². The van der Waals surface area contributed by atoms with Crippen molar-refractivity contribution in [1.29, 1.82) is 0 Å². The number of halogens is 3. The lowest BCUT2D eigenvalue weighted by molar-refractivity contribution is -0.127. The van der Waals surface area contributed by atoms with Crippen molar-refractivity contribution in [2.24, 2.45) is 0 Å². The number of aryl methyl sites for hydroxylation is 1. The quantitative estimate of drug-likeness (QED) is 0.633. The maximum absolute atomic E-state index is 12.1. The molecule has 0 N–H and O–H groups in total. The van der Waals surface area contributed by atoms with Crippen molar-refractivity contribution in [1.82, 2.24) is 0 Å². The summed E-state index contributed by atoms with van der Waals surface area (Å²) in [6, 6.07) is 4.99. The molecule has 3 heteroatoms. The molecule has 0 aliphatic carbocycles. The van der Waals surface area contributed by atoms with Crippen LogP contribution in [0.25, 0.3) is 0 Å². The van der Waals surface area contributed by atoms with Crippen LogP contribution in [0.4, 0.5) is 13.2 Å². The molecule has 0 aromatic heterocycles. The Morgan fingerprint density at radius 2 is 1.77 bits per heavy atom. The van der Waals surface area contributed by atoms with Gasteiger partial charge in [0.25, 0.3) is 0 Å². The van der Waals surface area contributed by atoms with Crippen LogP contribution in [0.15, 0.2) is 18.2 Å². The Hall–Kier alpha value is -0.990. The first kappa shape index (κ1) is 10.1. The van der Waals surface area contributed by atoms with E-state index < -0.39 is 12.6 Å². The van der Waals surface area contributed by atoms with Gasteiger partial charge >= 0.3 is 6.18 Å². The standard InChI is InChI=1S/C10H11F3/c1-7-4-3-5-9(8(7)2)6-10(11,12)13/h3-5H,6H2,1-2H3. The molecule has 1 rings (SSSR count). The lowest BCUT2D eigenvalue weighted by atomic mass is 10.0. The van der Waals surface area contributed by atoms with E-state index >= 15 is 0 Å². The van der Waals surface area contributed by atoms with Gasteiger partial charge in [0.05, 0.1) is 6.42 Å². The second kappa shape index (κ2) is 3.40. The zero-order chi connectivity index (χ0) is 10.1. The number of benzene rings is 1. The van der Waals surface area contributed by atoms with Crippen molar-refractivity contribution in [2.75, 3.05) is 0 Å². The SMILES string of the molecule is Cc1cccc(CC(F)(F)F)c1C. The smallest absolute Gasteiger partial charge is 0.171 e. The normalized spacial score (nSPS) is 11.8. The van der Waals surface area contributed by atoms with Gasteiger partial charge in [-0.2, -0.15) is 13.2 Å². The van der Waals surface area contributed by atoms with E-state index in [9.17, 15) is 13.2 Å². The molecule has 13 heavy (non-hydrogen) atoms. The molecular formula is C10H11F3. The highest BCUT2D eigenvalue weighted by Crippen LogP contribution is 2.24. The molecule has 0 atom stereocenters. The van der Waals surface area contributed by atoms with E-state index in [1.807, 2.05) is 13.0 Å². The van der Waals surface area contributed by atoms with Gasteiger partial charge in [0.1, 0.15) is 0 Å². The van der Waals surface area contributed by atoms with Crippen molar-refractivity contribution in [3.63, 3.8) is 0 Å². The number of hydrogen-bond donors (Lipinski definition) is 0. The summed E-state index contributed by atoms with van der Waals surface area (Å²) in [5.74, 6) is 0. The third kappa shape index (κ3) is 2.76. The maximum atomic E-state index is 12.1. The number of alkyl halides is 3. The molecule has 1 aromatic carbocycles. The molecule has 0 spiro atoms. The van der Waals surface area contributed by atoms with E-state index in [1.54, 1.807) is 13.0 Å². The summed E-state index contributed by atoms with van der Waals surface area (Å²) in [6.45, 7) is 3.53. The van der Waals surface area contributed by atoms with Crippen LogP contribution in [0.3, 0.4) is 0 Å². The van der Waals surface area contributed by atoms with Crippen molar-refractivity contribution >= 4 is 0 Å². The molecule has 0 fully saturated rings. The zero-order valence-corrected chi connectivity index (χ0v) is 7.57. The average molecular weight is 188 g/mol. The van der Waals surface area contributed by atoms with Crippen molar-refractivity contribution in [3.8, 4) is 0 Å². The van der Waals surface area contributed by atoms with Crippen molar-refractivity contribution in [3.05, 3.63) is 34.9 Å². The van der Waals surface area contributed by atoms with E-state index in [2.05, 4.69) is 0 Å². The first-order chi connectivity index (χ1) is 5.90. The molecular weight excluding hydrogens is 177 g/mol. The lowest BCUT2D eigenvalue weighted by Crippen LogP contribution is -2.12. The molecule has 0 unspecified atom stereocenters. The molecule has 0 amide bonds. The second-order valence-corrected chi connectivity index (χ2v) is 3.15. The van der Waals surface area contributed by atoms with Crippen LogP contribution in [-0.2, 0) is 6.42 Å². The molecule has 0 radical (unpaired) electrons. The van der Waals surface area contributed by atoms with Gasteiger partial charge < -0.3 is 0 Å². The Morgan fingerprint density at radius 3 is 2.31 bits per heavy atom. The number of rotatable bonds is 1. The third-order valence-electron chi connectivity index (χ3n) is 2.11. The average Bonchev–Trinajstić information content (AvgIpc) is 1.96. The van der Waals surface area contributed by atoms with E-state index in [0.717, 1.165) is 11.1 Å². The predicted octanol–water partition coefficient (Wildman–Crippen LogP) is 3.41. The van der Waals surface area contributed by atoms with Gasteiger partial charge in [-0.15, -0.1) is 0 Å². The van der Waals surface area contributed by atoms with Crippen LogP contribution < -0.4 is 0 Å². The molecule has 0 aliphatic heterocycles. The lowest BCUT2D eigenvalue weighted by Gasteiger charge is -2.10. The van der Waals surface area contributed by atoms with Crippen LogP contribution in [0, 0.1) is 13.8 Å². The van der Waals surface area contributed by atoms with Gasteiger partial charge in [0.15, 0.2) is 0 Å². The van der Waals surface area contributed by atoms with Gasteiger partial charge in [-0.1, -0.05) is 18.2 Å². The van der Waals surface area contributed by atoms with Crippen LogP contribution in [0.5, 0.6) is 0 Å². The van der Waals surface area contributed by atoms with Gasteiger partial charge in [-0.05, 0) is 30.5 Å². The van der Waals surface area contributed by atoms with E-state index in [4.69, 9.17) is 0 Å². The zero-order valence-electron chi connectivity index (χ0n) is 7.57. The van der Waals surface area contributed by atoms with Crippen LogP contribution in [0.1, 0.15) is 16.7 Å². The minimum Gasteiger partial charge on any atom is -0.171 e. The summed E-state index contributed by atoms with van der Waals surface area (Å²) >= 11 is 0. The summed E-state index contributed by atoms with van der Waals surface area (Å²) in [6.07, 6.45) is -4.95. The Kier molecular flexibility index (Phi) is 2.64. The largest absolute Gasteiger partial charge is 0.393 e. The fraction of sp³-hybridized carbons (Fsp3) is 0.400. The van der Waals surface area contributed by atoms with E-state index in [-0.39, 0.29) is 0 Å². The molecule has 0 saturated heterocycles. The third-order valence-corrected chi connectivity index (χ3v) is 2.11. The van der Waals surface area contributed by atoms with Crippen LogP contribution in [0.2, 0.25) is 0 Å². The Balaban J connectivity index is 2.96. The predicted molar refractivity (Wildman–Crippen MR) is 45.7 cm³/mol. The monoisotopic (exact) mass is 188 g/mol. The van der Waals surface area contributed by atoms with Gasteiger partial charge in [0.2, 0.25) is 0 Å². The fourth-order valence-corrected chi connectivity index (χ4v) is 1.22. The van der Waals surface area contributed by atoms with Gasteiger partial charge in [-0.3, -0.25) is 0 Å². The summed E-state index contributed by atoms with van der Waals surface area (Å²) in [7, 11) is 0. The van der Waals surface area contributed by atoms with Crippen LogP contribution >= 0.6 is 0 Å². The van der Waals surface area contributed by atoms with Crippen molar-refractivity contribution in [2.45, 2.75) is 26.4 Å². The minimum atomic E-state index is -4.11. The van der Waals surface area contributed by atoms with E-state index in [1.165, 1.54) is 6.07 Å². The summed E-state index contributed by atoms with van der Waals surface area (Å²) in [5, 5.41) is 0. The van der Waals surface area contributed by atoms with E-state index in [0.29, 0.717) is 5.56 Å². The Bertz CT molecular complexity index is 300. The molecule has 0 heterocycles. The summed E-state index contributed by atoms with van der Waals surface area (Å²) < 4.78 is 36.2. The summed E-state index contributed by atoms with van der Waals surface area (Å²) in [5.41, 5.74) is 2.01. The van der Waals surface area contributed by atoms with Crippen molar-refractivity contribution < 1.29 is 13.2 Å². The first-order valence-corrected chi connectivity index (χ1v) is 4.02.